The molecule has 0 bridgehead atoms. The van der Waals surface area contributed by atoms with Crippen LogP contribution in [-0.4, -0.2) is 19.9 Å². The van der Waals surface area contributed by atoms with Crippen molar-refractivity contribution in [2.24, 2.45) is 0 Å². The van der Waals surface area contributed by atoms with E-state index >= 15 is 0 Å². The van der Waals surface area contributed by atoms with E-state index in [-0.39, 0.29) is 0 Å². The molecule has 0 aliphatic heterocycles. The van der Waals surface area contributed by atoms with Gasteiger partial charge in [-0.25, -0.2) is 19.9 Å². The number of hydrogen-bond donors (Lipinski definition) is 0. The van der Waals surface area contributed by atoms with Gasteiger partial charge in [-0.3, -0.25) is 0 Å². The van der Waals surface area contributed by atoms with Crippen LogP contribution in [0.2, 0.25) is 0 Å². The van der Waals surface area contributed by atoms with Gasteiger partial charge in [-0.1, -0.05) is 121 Å². The van der Waals surface area contributed by atoms with Crippen LogP contribution in [0.1, 0.15) is 0 Å². The van der Waals surface area contributed by atoms with Crippen LogP contribution in [-0.2, 0) is 0 Å². The Morgan fingerprint density at radius 3 is 1.85 bits per heavy atom. The lowest BCUT2D eigenvalue weighted by atomic mass is 9.96. The van der Waals surface area contributed by atoms with Crippen LogP contribution in [0.15, 0.2) is 146 Å². The highest BCUT2D eigenvalue weighted by Gasteiger charge is 2.19. The fourth-order valence-electron chi connectivity index (χ4n) is 6.71. The van der Waals surface area contributed by atoms with Gasteiger partial charge in [-0.15, -0.1) is 22.7 Å². The SMILES string of the molecule is c1ccc(-c2nc(-c3cc4ccccc4c4ccccc34)nc(-c3cccc4sc5cc6nc(-c7ccccc7)sc6cc5c34)n2)cc1. The molecule has 0 fully saturated rings. The zero-order chi connectivity index (χ0) is 31.6. The van der Waals surface area contributed by atoms with Crippen molar-refractivity contribution in [2.75, 3.05) is 0 Å². The molecular formula is C42H24N4S2. The number of thiophene rings is 1. The number of hydrogen-bond acceptors (Lipinski definition) is 6. The van der Waals surface area contributed by atoms with Crippen LogP contribution >= 0.6 is 22.7 Å². The lowest BCUT2D eigenvalue weighted by Crippen LogP contribution is -2.01. The molecule has 10 rings (SSSR count). The monoisotopic (exact) mass is 648 g/mol. The van der Waals surface area contributed by atoms with Crippen LogP contribution in [0.4, 0.5) is 0 Å². The molecule has 0 saturated heterocycles. The molecule has 0 atom stereocenters. The van der Waals surface area contributed by atoms with Crippen molar-refractivity contribution in [3.63, 3.8) is 0 Å². The fraction of sp³-hybridized carbons (Fsp3) is 0. The Balaban J connectivity index is 1.23. The van der Waals surface area contributed by atoms with Gasteiger partial charge in [0.1, 0.15) is 5.01 Å². The van der Waals surface area contributed by atoms with Gasteiger partial charge in [0.15, 0.2) is 17.5 Å². The maximum Gasteiger partial charge on any atom is 0.164 e. The molecule has 3 heterocycles. The molecule has 0 spiro atoms. The van der Waals surface area contributed by atoms with E-state index < -0.39 is 0 Å². The molecule has 48 heavy (non-hydrogen) atoms. The smallest absolute Gasteiger partial charge is 0.164 e. The molecule has 4 nitrogen and oxygen atoms in total. The summed E-state index contributed by atoms with van der Waals surface area (Å²) >= 11 is 3.52. The first-order valence-corrected chi connectivity index (χ1v) is 17.4. The van der Waals surface area contributed by atoms with Crippen LogP contribution in [0.25, 0.3) is 96.7 Å². The zero-order valence-electron chi connectivity index (χ0n) is 25.5. The average Bonchev–Trinajstić information content (AvgIpc) is 3.74. The van der Waals surface area contributed by atoms with Crippen LogP contribution in [0.5, 0.6) is 0 Å². The Kier molecular flexibility index (Phi) is 6.19. The summed E-state index contributed by atoms with van der Waals surface area (Å²) in [4.78, 5) is 20.6. The number of nitrogens with zero attached hydrogens (tertiary/aromatic N) is 4. The summed E-state index contributed by atoms with van der Waals surface area (Å²) < 4.78 is 3.57. The number of fused-ring (bicyclic) bond motifs is 7. The average molecular weight is 649 g/mol. The molecule has 0 radical (unpaired) electrons. The van der Waals surface area contributed by atoms with Crippen molar-refractivity contribution < 1.29 is 0 Å². The third kappa shape index (κ3) is 4.42. The Bertz CT molecular complexity index is 2840. The predicted molar refractivity (Wildman–Crippen MR) is 203 cm³/mol. The van der Waals surface area contributed by atoms with Crippen molar-refractivity contribution in [1.82, 2.24) is 19.9 Å². The molecule has 10 aromatic rings. The summed E-state index contributed by atoms with van der Waals surface area (Å²) in [5.41, 5.74) is 5.11. The number of aromatic nitrogens is 4. The second-order valence-electron chi connectivity index (χ2n) is 11.8. The molecule has 0 amide bonds. The molecule has 0 aliphatic rings. The summed E-state index contributed by atoms with van der Waals surface area (Å²) in [6.07, 6.45) is 0. The third-order valence-electron chi connectivity index (χ3n) is 8.94. The van der Waals surface area contributed by atoms with E-state index in [1.54, 1.807) is 22.7 Å². The topological polar surface area (TPSA) is 51.6 Å². The van der Waals surface area contributed by atoms with Crippen molar-refractivity contribution >= 4 is 74.6 Å². The molecule has 0 unspecified atom stereocenters. The highest BCUT2D eigenvalue weighted by molar-refractivity contribution is 7.26. The van der Waals surface area contributed by atoms with E-state index in [0.29, 0.717) is 17.5 Å². The van der Waals surface area contributed by atoms with Gasteiger partial charge >= 0.3 is 0 Å². The van der Waals surface area contributed by atoms with Gasteiger partial charge in [0.25, 0.3) is 0 Å². The molecule has 6 heteroatoms. The lowest BCUT2D eigenvalue weighted by Gasteiger charge is -2.13. The molecule has 0 aliphatic carbocycles. The standard InChI is InChI=1S/C42H24N4S2/c1-3-12-25(13-4-1)39-44-40(46-41(45-39)32-22-27-16-7-8-17-28(27)29-18-9-10-19-30(29)32)31-20-11-21-35-38(31)33-23-37-34(24-36(33)47-35)43-42(48-37)26-14-5-2-6-15-26/h1-24H. The van der Waals surface area contributed by atoms with Gasteiger partial charge in [-0.05, 0) is 45.8 Å². The quantitative estimate of drug-likeness (QED) is 0.178. The predicted octanol–water partition coefficient (Wildman–Crippen LogP) is 11.8. The Labute approximate surface area is 283 Å². The molecule has 7 aromatic carbocycles. The fourth-order valence-corrected chi connectivity index (χ4v) is 8.85. The Hall–Kier alpha value is -5.82. The Morgan fingerprint density at radius 2 is 1.04 bits per heavy atom. The van der Waals surface area contributed by atoms with Gasteiger partial charge in [0.05, 0.1) is 10.2 Å². The van der Waals surface area contributed by atoms with Crippen LogP contribution < -0.4 is 0 Å². The lowest BCUT2D eigenvalue weighted by molar-refractivity contribution is 1.08. The van der Waals surface area contributed by atoms with E-state index in [1.807, 2.05) is 24.3 Å². The van der Waals surface area contributed by atoms with E-state index in [2.05, 4.69) is 121 Å². The number of rotatable bonds is 4. The van der Waals surface area contributed by atoms with Crippen molar-refractivity contribution in [1.29, 1.82) is 0 Å². The maximum atomic E-state index is 5.27. The summed E-state index contributed by atoms with van der Waals surface area (Å²) in [7, 11) is 0. The van der Waals surface area contributed by atoms with Crippen molar-refractivity contribution in [3.05, 3.63) is 146 Å². The van der Waals surface area contributed by atoms with Gasteiger partial charge in [0.2, 0.25) is 0 Å². The minimum Gasteiger partial charge on any atom is -0.236 e. The molecule has 0 saturated carbocycles. The maximum absolute atomic E-state index is 5.27. The summed E-state index contributed by atoms with van der Waals surface area (Å²) in [6.45, 7) is 0. The first kappa shape index (κ1) is 27.3. The Morgan fingerprint density at radius 1 is 0.375 bits per heavy atom. The van der Waals surface area contributed by atoms with Crippen LogP contribution in [0.3, 0.4) is 0 Å². The van der Waals surface area contributed by atoms with Crippen molar-refractivity contribution in [2.45, 2.75) is 0 Å². The third-order valence-corrected chi connectivity index (χ3v) is 11.1. The van der Waals surface area contributed by atoms with Gasteiger partial charge < -0.3 is 0 Å². The van der Waals surface area contributed by atoms with E-state index in [0.717, 1.165) is 48.9 Å². The highest BCUT2D eigenvalue weighted by atomic mass is 32.1. The molecule has 0 N–H and O–H groups in total. The normalized spacial score (nSPS) is 11.8. The van der Waals surface area contributed by atoms with Gasteiger partial charge in [-0.2, -0.15) is 0 Å². The first-order valence-electron chi connectivity index (χ1n) is 15.8. The molecule has 224 valence electrons. The van der Waals surface area contributed by atoms with E-state index in [9.17, 15) is 0 Å². The second-order valence-corrected chi connectivity index (χ2v) is 14.0. The van der Waals surface area contributed by atoms with Crippen LogP contribution in [0, 0.1) is 0 Å². The zero-order valence-corrected chi connectivity index (χ0v) is 27.1. The summed E-state index contributed by atoms with van der Waals surface area (Å²) in [6, 6.07) is 50.9. The number of thiazole rings is 1. The summed E-state index contributed by atoms with van der Waals surface area (Å²) in [5.74, 6) is 1.98. The van der Waals surface area contributed by atoms with Gasteiger partial charge in [0, 0.05) is 42.4 Å². The molecular weight excluding hydrogens is 625 g/mol. The summed E-state index contributed by atoms with van der Waals surface area (Å²) in [5, 5.41) is 8.06. The first-order chi connectivity index (χ1) is 23.8. The molecule has 3 aromatic heterocycles. The van der Waals surface area contributed by atoms with E-state index in [4.69, 9.17) is 19.9 Å². The highest BCUT2D eigenvalue weighted by Crippen LogP contribution is 2.43. The number of benzene rings is 7. The largest absolute Gasteiger partial charge is 0.236 e. The van der Waals surface area contributed by atoms with E-state index in [1.165, 1.54) is 30.3 Å². The minimum absolute atomic E-state index is 0.654. The van der Waals surface area contributed by atoms with Crippen molar-refractivity contribution in [3.8, 4) is 44.7 Å². The minimum atomic E-state index is 0.654. The second kappa shape index (κ2) is 10.9.